The standard InChI is InChI=1S/C15H14FN3O3S/c1-17-8-11-9-19(23(20,21)12-6-7-22-10-12)15(18-11)13-4-2-3-5-14(13)16/h2-7,9-10,17H,8H2,1H3. The highest BCUT2D eigenvalue weighted by Crippen LogP contribution is 2.26. The average Bonchev–Trinajstić information content (AvgIpc) is 3.18. The van der Waals surface area contributed by atoms with Crippen LogP contribution >= 0.6 is 0 Å². The molecule has 0 atom stereocenters. The first kappa shape index (κ1) is 15.4. The van der Waals surface area contributed by atoms with E-state index in [1.54, 1.807) is 13.1 Å². The average molecular weight is 335 g/mol. The molecule has 0 spiro atoms. The minimum Gasteiger partial charge on any atom is -0.471 e. The van der Waals surface area contributed by atoms with Crippen LogP contribution in [0, 0.1) is 5.82 Å². The first-order valence-electron chi connectivity index (χ1n) is 6.79. The molecule has 0 amide bonds. The van der Waals surface area contributed by atoms with Crippen molar-refractivity contribution in [2.24, 2.45) is 0 Å². The second-order valence-electron chi connectivity index (χ2n) is 4.83. The summed E-state index contributed by atoms with van der Waals surface area (Å²) >= 11 is 0. The summed E-state index contributed by atoms with van der Waals surface area (Å²) in [6.45, 7) is 0.357. The number of nitrogens with zero attached hydrogens (tertiary/aromatic N) is 2. The Labute approximate surface area is 132 Å². The van der Waals surface area contributed by atoms with Crippen LogP contribution in [0.1, 0.15) is 5.69 Å². The van der Waals surface area contributed by atoms with Crippen LogP contribution in [0.25, 0.3) is 11.4 Å². The van der Waals surface area contributed by atoms with Crippen molar-refractivity contribution < 1.29 is 17.2 Å². The highest BCUT2D eigenvalue weighted by Gasteiger charge is 2.25. The molecule has 0 aliphatic heterocycles. The van der Waals surface area contributed by atoms with Crippen LogP contribution in [0.3, 0.4) is 0 Å². The Bertz CT molecular complexity index is 917. The molecule has 1 aromatic carbocycles. The number of rotatable bonds is 5. The third-order valence-corrected chi connectivity index (χ3v) is 4.87. The molecule has 120 valence electrons. The third-order valence-electron chi connectivity index (χ3n) is 3.25. The van der Waals surface area contributed by atoms with Gasteiger partial charge in [-0.2, -0.15) is 0 Å². The number of hydrogen-bond donors (Lipinski definition) is 1. The topological polar surface area (TPSA) is 77.1 Å². The second kappa shape index (κ2) is 5.98. The SMILES string of the molecule is CNCc1cn(S(=O)(=O)c2ccoc2)c(-c2ccccc2F)n1. The summed E-state index contributed by atoms with van der Waals surface area (Å²) < 4.78 is 45.4. The van der Waals surface area contributed by atoms with E-state index in [0.29, 0.717) is 12.2 Å². The van der Waals surface area contributed by atoms with Crippen LogP contribution in [0.5, 0.6) is 0 Å². The van der Waals surface area contributed by atoms with Gasteiger partial charge in [-0.1, -0.05) is 12.1 Å². The Balaban J connectivity index is 2.22. The molecule has 8 heteroatoms. The monoisotopic (exact) mass is 335 g/mol. The molecule has 1 N–H and O–H groups in total. The molecule has 3 aromatic rings. The van der Waals surface area contributed by atoms with Crippen molar-refractivity contribution in [2.75, 3.05) is 7.05 Å². The minimum atomic E-state index is -3.92. The lowest BCUT2D eigenvalue weighted by Crippen LogP contribution is -2.13. The highest BCUT2D eigenvalue weighted by atomic mass is 32.2. The summed E-state index contributed by atoms with van der Waals surface area (Å²) in [6, 6.07) is 7.24. The maximum absolute atomic E-state index is 14.1. The van der Waals surface area contributed by atoms with Gasteiger partial charge in [-0.25, -0.2) is 21.8 Å². The van der Waals surface area contributed by atoms with E-state index in [2.05, 4.69) is 10.3 Å². The smallest absolute Gasteiger partial charge is 0.272 e. The molecule has 0 fully saturated rings. The lowest BCUT2D eigenvalue weighted by molar-refractivity contribution is 0.554. The van der Waals surface area contributed by atoms with Crippen LogP contribution in [-0.4, -0.2) is 24.4 Å². The van der Waals surface area contributed by atoms with Crippen molar-refractivity contribution in [2.45, 2.75) is 11.4 Å². The maximum Gasteiger partial charge on any atom is 0.272 e. The predicted octanol–water partition coefficient (Wildman–Crippen LogP) is 2.24. The van der Waals surface area contributed by atoms with E-state index in [9.17, 15) is 12.8 Å². The van der Waals surface area contributed by atoms with Gasteiger partial charge in [-0.05, 0) is 25.2 Å². The number of imidazole rings is 1. The van der Waals surface area contributed by atoms with Crippen molar-refractivity contribution in [3.05, 3.63) is 60.6 Å². The fourth-order valence-corrected chi connectivity index (χ4v) is 3.45. The molecule has 2 aromatic heterocycles. The molecule has 3 rings (SSSR count). The quantitative estimate of drug-likeness (QED) is 0.774. The van der Waals surface area contributed by atoms with Crippen LogP contribution < -0.4 is 5.32 Å². The van der Waals surface area contributed by atoms with Gasteiger partial charge in [0, 0.05) is 12.7 Å². The number of furan rings is 1. The van der Waals surface area contributed by atoms with E-state index in [1.807, 2.05) is 0 Å². The van der Waals surface area contributed by atoms with Crippen molar-refractivity contribution in [3.63, 3.8) is 0 Å². The second-order valence-corrected chi connectivity index (χ2v) is 6.64. The Morgan fingerprint density at radius 1 is 1.30 bits per heavy atom. The van der Waals surface area contributed by atoms with Crippen molar-refractivity contribution >= 4 is 10.0 Å². The highest BCUT2D eigenvalue weighted by molar-refractivity contribution is 7.90. The fraction of sp³-hybridized carbons (Fsp3) is 0.133. The predicted molar refractivity (Wildman–Crippen MR) is 81.7 cm³/mol. The van der Waals surface area contributed by atoms with E-state index >= 15 is 0 Å². The Morgan fingerprint density at radius 2 is 2.09 bits per heavy atom. The molecular formula is C15H14FN3O3S. The summed E-state index contributed by atoms with van der Waals surface area (Å²) in [7, 11) is -2.21. The number of halogens is 1. The summed E-state index contributed by atoms with van der Waals surface area (Å²) in [5.74, 6) is -0.521. The Morgan fingerprint density at radius 3 is 2.74 bits per heavy atom. The molecule has 2 heterocycles. The van der Waals surface area contributed by atoms with Crippen molar-refractivity contribution in [3.8, 4) is 11.4 Å². The molecule has 23 heavy (non-hydrogen) atoms. The van der Waals surface area contributed by atoms with E-state index < -0.39 is 15.8 Å². The summed E-state index contributed by atoms with van der Waals surface area (Å²) in [5.41, 5.74) is 0.597. The number of nitrogens with one attached hydrogen (secondary N) is 1. The Hall–Kier alpha value is -2.45. The van der Waals surface area contributed by atoms with Crippen LogP contribution in [0.4, 0.5) is 4.39 Å². The molecule has 0 unspecified atom stereocenters. The van der Waals surface area contributed by atoms with Crippen LogP contribution in [-0.2, 0) is 16.6 Å². The molecule has 0 saturated carbocycles. The summed E-state index contributed by atoms with van der Waals surface area (Å²) in [6.07, 6.45) is 3.76. The third kappa shape index (κ3) is 2.78. The van der Waals surface area contributed by atoms with Crippen molar-refractivity contribution in [1.82, 2.24) is 14.3 Å². The van der Waals surface area contributed by atoms with Crippen LogP contribution in [0.15, 0.2) is 58.4 Å². The van der Waals surface area contributed by atoms with Gasteiger partial charge in [-0.3, -0.25) is 0 Å². The van der Waals surface area contributed by atoms with E-state index in [1.165, 1.54) is 36.7 Å². The molecule has 0 aliphatic rings. The first-order valence-corrected chi connectivity index (χ1v) is 8.23. The lowest BCUT2D eigenvalue weighted by Gasteiger charge is -2.08. The van der Waals surface area contributed by atoms with Crippen LogP contribution in [0.2, 0.25) is 0 Å². The first-order chi connectivity index (χ1) is 11.0. The summed E-state index contributed by atoms with van der Waals surface area (Å²) in [5, 5.41) is 2.89. The summed E-state index contributed by atoms with van der Waals surface area (Å²) in [4.78, 5) is 4.23. The largest absolute Gasteiger partial charge is 0.471 e. The van der Waals surface area contributed by atoms with Gasteiger partial charge in [-0.15, -0.1) is 0 Å². The number of hydrogen-bond acceptors (Lipinski definition) is 5. The molecule has 6 nitrogen and oxygen atoms in total. The van der Waals surface area contributed by atoms with Gasteiger partial charge < -0.3 is 9.73 Å². The fourth-order valence-electron chi connectivity index (χ4n) is 2.19. The molecule has 0 bridgehead atoms. The lowest BCUT2D eigenvalue weighted by atomic mass is 10.2. The van der Waals surface area contributed by atoms with E-state index in [4.69, 9.17) is 4.42 Å². The molecule has 0 aliphatic carbocycles. The minimum absolute atomic E-state index is 0.0227. The molecule has 0 radical (unpaired) electrons. The zero-order valence-electron chi connectivity index (χ0n) is 12.2. The van der Waals surface area contributed by atoms with E-state index in [-0.39, 0.29) is 16.3 Å². The van der Waals surface area contributed by atoms with Gasteiger partial charge in [0.2, 0.25) is 0 Å². The van der Waals surface area contributed by atoms with Gasteiger partial charge in [0.25, 0.3) is 10.0 Å². The molecule has 0 saturated heterocycles. The zero-order valence-corrected chi connectivity index (χ0v) is 13.0. The van der Waals surface area contributed by atoms with Crippen molar-refractivity contribution in [1.29, 1.82) is 0 Å². The normalized spacial score (nSPS) is 11.7. The van der Waals surface area contributed by atoms with Gasteiger partial charge in [0.15, 0.2) is 5.82 Å². The number of benzene rings is 1. The van der Waals surface area contributed by atoms with Gasteiger partial charge in [0.05, 0.1) is 17.5 Å². The number of aromatic nitrogens is 2. The molecular weight excluding hydrogens is 321 g/mol. The van der Waals surface area contributed by atoms with Gasteiger partial charge in [0.1, 0.15) is 17.0 Å². The Kier molecular flexibility index (Phi) is 4.01. The van der Waals surface area contributed by atoms with E-state index in [0.717, 1.165) is 10.2 Å². The maximum atomic E-state index is 14.1. The zero-order chi connectivity index (χ0) is 16.4. The van der Waals surface area contributed by atoms with Gasteiger partial charge >= 0.3 is 0 Å².